The largest absolute Gasteiger partial charge is 0.316 e. The third kappa shape index (κ3) is 1.95. The highest BCUT2D eigenvalue weighted by molar-refractivity contribution is 8.01. The summed E-state index contributed by atoms with van der Waals surface area (Å²) >= 11 is 2.19. The van der Waals surface area contributed by atoms with Crippen molar-refractivity contribution in [1.82, 2.24) is 10.6 Å². The smallest absolute Gasteiger partial charge is 0.0700 e. The Hall–Kier alpha value is 0.270. The first-order chi connectivity index (χ1) is 6.77. The number of piperidine rings is 1. The Balaban J connectivity index is 2.09. The summed E-state index contributed by atoms with van der Waals surface area (Å²) in [4.78, 5) is 0.400. The molecule has 82 valence electrons. The zero-order valence-corrected chi connectivity index (χ0v) is 10.1. The van der Waals surface area contributed by atoms with Gasteiger partial charge in [-0.1, -0.05) is 13.8 Å². The lowest BCUT2D eigenvalue weighted by molar-refractivity contribution is 0.232. The van der Waals surface area contributed by atoms with E-state index < -0.39 is 0 Å². The van der Waals surface area contributed by atoms with Crippen molar-refractivity contribution >= 4 is 11.8 Å². The van der Waals surface area contributed by atoms with Crippen LogP contribution in [0.2, 0.25) is 0 Å². The predicted octanol–water partition coefficient (Wildman–Crippen LogP) is 1.82. The minimum Gasteiger partial charge on any atom is -0.316 e. The summed E-state index contributed by atoms with van der Waals surface area (Å²) in [5.41, 5.74) is 0. The van der Waals surface area contributed by atoms with Gasteiger partial charge in [-0.2, -0.15) is 0 Å². The second-order valence-electron chi connectivity index (χ2n) is 4.59. The van der Waals surface area contributed by atoms with Gasteiger partial charge in [-0.25, -0.2) is 0 Å². The van der Waals surface area contributed by atoms with Crippen molar-refractivity contribution in [3.63, 3.8) is 0 Å². The molecule has 0 aliphatic carbocycles. The molecular formula is C11H22N2S. The normalized spacial score (nSPS) is 44.1. The average molecular weight is 214 g/mol. The number of hydrogen-bond donors (Lipinski definition) is 2. The molecule has 3 atom stereocenters. The lowest BCUT2D eigenvalue weighted by Gasteiger charge is -2.48. The van der Waals surface area contributed by atoms with Gasteiger partial charge in [-0.05, 0) is 38.3 Å². The van der Waals surface area contributed by atoms with Gasteiger partial charge in [-0.3, -0.25) is 0 Å². The van der Waals surface area contributed by atoms with Crippen molar-refractivity contribution in [2.24, 2.45) is 5.92 Å². The van der Waals surface area contributed by atoms with Gasteiger partial charge in [-0.15, -0.1) is 11.8 Å². The third-order valence-electron chi connectivity index (χ3n) is 3.60. The Morgan fingerprint density at radius 3 is 3.00 bits per heavy atom. The monoisotopic (exact) mass is 214 g/mol. The van der Waals surface area contributed by atoms with Gasteiger partial charge in [0, 0.05) is 11.8 Å². The lowest BCUT2D eigenvalue weighted by Crippen LogP contribution is -2.59. The molecule has 1 spiro atoms. The van der Waals surface area contributed by atoms with E-state index in [1.54, 1.807) is 0 Å². The van der Waals surface area contributed by atoms with E-state index in [0.29, 0.717) is 4.87 Å². The number of nitrogens with one attached hydrogen (secondary N) is 2. The molecule has 3 unspecified atom stereocenters. The van der Waals surface area contributed by atoms with Crippen LogP contribution in [-0.4, -0.2) is 29.8 Å². The predicted molar refractivity (Wildman–Crippen MR) is 63.7 cm³/mol. The van der Waals surface area contributed by atoms with Crippen molar-refractivity contribution in [1.29, 1.82) is 0 Å². The van der Waals surface area contributed by atoms with E-state index in [1.165, 1.54) is 38.9 Å². The molecule has 2 rings (SSSR count). The first-order valence-corrected chi connectivity index (χ1v) is 6.78. The van der Waals surface area contributed by atoms with E-state index in [9.17, 15) is 0 Å². The molecular weight excluding hydrogens is 192 g/mol. The van der Waals surface area contributed by atoms with Crippen LogP contribution < -0.4 is 10.6 Å². The van der Waals surface area contributed by atoms with Crippen molar-refractivity contribution in [2.45, 2.75) is 43.2 Å². The van der Waals surface area contributed by atoms with Crippen LogP contribution in [0.3, 0.4) is 0 Å². The molecule has 2 heterocycles. The highest BCUT2D eigenvalue weighted by atomic mass is 32.2. The molecule has 0 saturated carbocycles. The van der Waals surface area contributed by atoms with Crippen LogP contribution in [0.4, 0.5) is 0 Å². The molecule has 3 heteroatoms. The number of hydrogen-bond acceptors (Lipinski definition) is 3. The van der Waals surface area contributed by atoms with Gasteiger partial charge in [0.1, 0.15) is 0 Å². The molecule has 0 bridgehead atoms. The third-order valence-corrected chi connectivity index (χ3v) is 5.34. The number of rotatable bonds is 1. The molecule has 0 aromatic heterocycles. The average Bonchev–Trinajstić information content (AvgIpc) is 2.18. The summed E-state index contributed by atoms with van der Waals surface area (Å²) in [6, 6.07) is 0. The number of thioether (sulfide) groups is 1. The summed E-state index contributed by atoms with van der Waals surface area (Å²) in [6.07, 6.45) is 3.91. The van der Waals surface area contributed by atoms with Gasteiger partial charge >= 0.3 is 0 Å². The van der Waals surface area contributed by atoms with E-state index in [-0.39, 0.29) is 0 Å². The molecule has 2 saturated heterocycles. The lowest BCUT2D eigenvalue weighted by atomic mass is 9.90. The molecule has 2 nitrogen and oxygen atoms in total. The Morgan fingerprint density at radius 2 is 2.29 bits per heavy atom. The maximum absolute atomic E-state index is 3.79. The minimum absolute atomic E-state index is 0.400. The molecule has 0 amide bonds. The quantitative estimate of drug-likeness (QED) is 0.696. The van der Waals surface area contributed by atoms with E-state index in [0.717, 1.165) is 11.2 Å². The highest BCUT2D eigenvalue weighted by Gasteiger charge is 2.42. The molecule has 14 heavy (non-hydrogen) atoms. The summed E-state index contributed by atoms with van der Waals surface area (Å²) < 4.78 is 0. The maximum Gasteiger partial charge on any atom is 0.0700 e. The van der Waals surface area contributed by atoms with Gasteiger partial charge < -0.3 is 10.6 Å². The molecule has 2 N–H and O–H groups in total. The SMILES string of the molecule is CCC1CNCCC12NCCC(C)S2. The molecule has 0 radical (unpaired) electrons. The van der Waals surface area contributed by atoms with Gasteiger partial charge in [0.2, 0.25) is 0 Å². The fourth-order valence-electron chi connectivity index (χ4n) is 2.73. The van der Waals surface area contributed by atoms with Crippen LogP contribution in [-0.2, 0) is 0 Å². The fourth-order valence-corrected chi connectivity index (χ4v) is 4.53. The molecule has 2 fully saturated rings. The molecule has 2 aliphatic heterocycles. The second kappa shape index (κ2) is 4.42. The first-order valence-electron chi connectivity index (χ1n) is 5.90. The van der Waals surface area contributed by atoms with E-state index in [4.69, 9.17) is 0 Å². The molecule has 2 aliphatic rings. The van der Waals surface area contributed by atoms with Crippen molar-refractivity contribution in [3.05, 3.63) is 0 Å². The van der Waals surface area contributed by atoms with Crippen LogP contribution in [0.1, 0.15) is 33.1 Å². The van der Waals surface area contributed by atoms with Crippen molar-refractivity contribution in [2.75, 3.05) is 19.6 Å². The fraction of sp³-hybridized carbons (Fsp3) is 1.00. The van der Waals surface area contributed by atoms with Crippen molar-refractivity contribution in [3.8, 4) is 0 Å². The Morgan fingerprint density at radius 1 is 1.43 bits per heavy atom. The summed E-state index contributed by atoms with van der Waals surface area (Å²) in [5.74, 6) is 0.809. The van der Waals surface area contributed by atoms with Crippen molar-refractivity contribution < 1.29 is 0 Å². The standard InChI is InChI=1S/C11H22N2S/c1-3-10-8-12-7-5-11(10)13-6-4-9(2)14-11/h9-10,12-13H,3-8H2,1-2H3. The van der Waals surface area contributed by atoms with Crippen LogP contribution >= 0.6 is 11.8 Å². The summed E-state index contributed by atoms with van der Waals surface area (Å²) in [7, 11) is 0. The second-order valence-corrected chi connectivity index (χ2v) is 6.36. The Kier molecular flexibility index (Phi) is 3.40. The van der Waals surface area contributed by atoms with E-state index in [1.807, 2.05) is 0 Å². The van der Waals surface area contributed by atoms with Crippen LogP contribution in [0.5, 0.6) is 0 Å². The van der Waals surface area contributed by atoms with Gasteiger partial charge in [0.05, 0.1) is 4.87 Å². The summed E-state index contributed by atoms with van der Waals surface area (Å²) in [6.45, 7) is 8.29. The summed E-state index contributed by atoms with van der Waals surface area (Å²) in [5, 5.41) is 8.14. The zero-order valence-electron chi connectivity index (χ0n) is 9.31. The molecule has 0 aromatic rings. The van der Waals surface area contributed by atoms with Crippen LogP contribution in [0.25, 0.3) is 0 Å². The van der Waals surface area contributed by atoms with E-state index in [2.05, 4.69) is 36.2 Å². The highest BCUT2D eigenvalue weighted by Crippen LogP contribution is 2.42. The van der Waals surface area contributed by atoms with Gasteiger partial charge in [0.25, 0.3) is 0 Å². The van der Waals surface area contributed by atoms with E-state index >= 15 is 0 Å². The molecule has 0 aromatic carbocycles. The topological polar surface area (TPSA) is 24.1 Å². The zero-order chi connectivity index (χ0) is 10.0. The minimum atomic E-state index is 0.400. The Labute approximate surface area is 91.6 Å². The van der Waals surface area contributed by atoms with Gasteiger partial charge in [0.15, 0.2) is 0 Å². The van der Waals surface area contributed by atoms with Crippen LogP contribution in [0, 0.1) is 5.92 Å². The Bertz CT molecular complexity index is 194. The maximum atomic E-state index is 3.79. The first kappa shape index (κ1) is 10.8. The van der Waals surface area contributed by atoms with Crippen LogP contribution in [0.15, 0.2) is 0 Å².